The van der Waals surface area contributed by atoms with E-state index in [1.807, 2.05) is 12.1 Å². The minimum absolute atomic E-state index is 0.0301. The van der Waals surface area contributed by atoms with E-state index in [1.54, 1.807) is 0 Å². The van der Waals surface area contributed by atoms with Crippen LogP contribution >= 0.6 is 0 Å². The second-order valence-corrected chi connectivity index (χ2v) is 8.03. The lowest BCUT2D eigenvalue weighted by atomic mass is 9.98. The summed E-state index contributed by atoms with van der Waals surface area (Å²) in [5.74, 6) is -0.672. The molecule has 0 spiro atoms. The monoisotopic (exact) mass is 442 g/mol. The average Bonchev–Trinajstić information content (AvgIpc) is 3.26. The minimum Gasteiger partial charge on any atom is -0.507 e. The number of carbonyl (C=O) groups excluding carboxylic acids is 1. The van der Waals surface area contributed by atoms with Gasteiger partial charge in [-0.05, 0) is 41.7 Å². The van der Waals surface area contributed by atoms with Gasteiger partial charge < -0.3 is 35.0 Å². The molecule has 2 aromatic rings. The van der Waals surface area contributed by atoms with Gasteiger partial charge >= 0.3 is 0 Å². The first-order valence-corrected chi connectivity index (χ1v) is 10.5. The fourth-order valence-electron chi connectivity index (χ4n) is 4.04. The number of hydrogen-bond donors (Lipinski definition) is 5. The third-order valence-corrected chi connectivity index (χ3v) is 5.86. The summed E-state index contributed by atoms with van der Waals surface area (Å²) in [4.78, 5) is 13.0. The van der Waals surface area contributed by atoms with E-state index in [0.717, 1.165) is 12.0 Å². The molecule has 0 unspecified atom stereocenters. The van der Waals surface area contributed by atoms with Crippen LogP contribution in [0, 0.1) is 0 Å². The van der Waals surface area contributed by atoms with Crippen LogP contribution in [0.2, 0.25) is 0 Å². The highest BCUT2D eigenvalue weighted by Crippen LogP contribution is 2.32. The van der Waals surface area contributed by atoms with Gasteiger partial charge in [0.2, 0.25) is 6.29 Å². The summed E-state index contributed by atoms with van der Waals surface area (Å²) in [6, 6.07) is 10.3. The van der Waals surface area contributed by atoms with Crippen molar-refractivity contribution in [1.29, 1.82) is 0 Å². The molecule has 0 bridgehead atoms. The molecule has 170 valence electrons. The van der Waals surface area contributed by atoms with E-state index in [2.05, 4.69) is 18.2 Å². The van der Waals surface area contributed by atoms with Crippen LogP contribution in [0.15, 0.2) is 42.5 Å². The van der Waals surface area contributed by atoms with E-state index in [1.165, 1.54) is 29.3 Å². The van der Waals surface area contributed by atoms with Crippen LogP contribution in [0.1, 0.15) is 33.5 Å². The third-order valence-electron chi connectivity index (χ3n) is 5.86. The smallest absolute Gasteiger partial charge is 0.229 e. The molecule has 8 heteroatoms. The molecule has 0 aromatic heterocycles. The molecular weight excluding hydrogens is 416 g/mol. The SMILES string of the molecule is O=C(CCc1ccc2c(c1)CC=C2)c1c(O)cccc1O[C@@H]1O[C@H](CO)[C@@H](O)[C@H](O)[C@H]1O. The van der Waals surface area contributed by atoms with Gasteiger partial charge in [0, 0.05) is 6.42 Å². The van der Waals surface area contributed by atoms with Gasteiger partial charge in [-0.25, -0.2) is 0 Å². The van der Waals surface area contributed by atoms with Gasteiger partial charge in [0.25, 0.3) is 0 Å². The second-order valence-electron chi connectivity index (χ2n) is 8.03. The zero-order valence-corrected chi connectivity index (χ0v) is 17.3. The van der Waals surface area contributed by atoms with Crippen LogP contribution in [0.4, 0.5) is 0 Å². The molecule has 1 saturated heterocycles. The summed E-state index contributed by atoms with van der Waals surface area (Å²) in [6.07, 6.45) is -1.76. The van der Waals surface area contributed by atoms with Crippen LogP contribution in [0.25, 0.3) is 6.08 Å². The van der Waals surface area contributed by atoms with Crippen molar-refractivity contribution >= 4 is 11.9 Å². The summed E-state index contributed by atoms with van der Waals surface area (Å²) >= 11 is 0. The molecule has 4 rings (SSSR count). The number of aliphatic hydroxyl groups excluding tert-OH is 4. The van der Waals surface area contributed by atoms with Crippen LogP contribution < -0.4 is 4.74 Å². The molecule has 1 fully saturated rings. The number of aliphatic hydroxyl groups is 4. The Bertz CT molecular complexity index is 1020. The quantitative estimate of drug-likeness (QED) is 0.400. The van der Waals surface area contributed by atoms with Gasteiger partial charge in [-0.3, -0.25) is 4.79 Å². The number of rotatable bonds is 7. The van der Waals surface area contributed by atoms with Crippen LogP contribution in [-0.2, 0) is 17.6 Å². The summed E-state index contributed by atoms with van der Waals surface area (Å²) in [5.41, 5.74) is 3.33. The van der Waals surface area contributed by atoms with Crippen molar-refractivity contribution in [3.05, 3.63) is 64.7 Å². The molecule has 0 saturated carbocycles. The number of phenolic OH excluding ortho intramolecular Hbond substituents is 1. The third kappa shape index (κ3) is 4.41. The van der Waals surface area contributed by atoms with E-state index in [-0.39, 0.29) is 29.3 Å². The maximum Gasteiger partial charge on any atom is 0.229 e. The molecule has 0 radical (unpaired) electrons. The van der Waals surface area contributed by atoms with Gasteiger partial charge in [0.1, 0.15) is 41.5 Å². The molecule has 1 heterocycles. The number of hydrogen-bond acceptors (Lipinski definition) is 8. The van der Waals surface area contributed by atoms with Crippen LogP contribution in [-0.4, -0.2) is 68.6 Å². The first-order chi connectivity index (χ1) is 15.4. The molecule has 5 atom stereocenters. The predicted molar refractivity (Wildman–Crippen MR) is 114 cm³/mol. The highest BCUT2D eigenvalue weighted by molar-refractivity contribution is 6.01. The van der Waals surface area contributed by atoms with Gasteiger partial charge in [-0.1, -0.05) is 36.4 Å². The molecule has 32 heavy (non-hydrogen) atoms. The molecule has 1 aliphatic carbocycles. The molecule has 1 aliphatic heterocycles. The Morgan fingerprint density at radius 2 is 1.91 bits per heavy atom. The number of ketones is 1. The number of aryl methyl sites for hydroxylation is 1. The van der Waals surface area contributed by atoms with Crippen molar-refractivity contribution in [2.45, 2.75) is 50.0 Å². The number of aromatic hydroxyl groups is 1. The molecule has 5 N–H and O–H groups in total. The molecular formula is C24H26O8. The Morgan fingerprint density at radius 3 is 2.69 bits per heavy atom. The molecule has 0 amide bonds. The van der Waals surface area contributed by atoms with E-state index >= 15 is 0 Å². The number of phenols is 1. The largest absolute Gasteiger partial charge is 0.507 e. The fourth-order valence-corrected chi connectivity index (χ4v) is 4.04. The first-order valence-electron chi connectivity index (χ1n) is 10.5. The maximum absolute atomic E-state index is 13.0. The molecule has 2 aliphatic rings. The van der Waals surface area contributed by atoms with Crippen molar-refractivity contribution in [2.75, 3.05) is 6.61 Å². The van der Waals surface area contributed by atoms with Gasteiger partial charge in [-0.15, -0.1) is 0 Å². The summed E-state index contributed by atoms with van der Waals surface area (Å²) < 4.78 is 11.0. The zero-order valence-electron chi connectivity index (χ0n) is 17.3. The summed E-state index contributed by atoms with van der Waals surface area (Å²) in [6.45, 7) is -0.604. The van der Waals surface area contributed by atoms with Gasteiger partial charge in [0.05, 0.1) is 6.61 Å². The second kappa shape index (κ2) is 9.40. The Labute approximate surface area is 185 Å². The van der Waals surface area contributed by atoms with Gasteiger partial charge in [-0.2, -0.15) is 0 Å². The summed E-state index contributed by atoms with van der Waals surface area (Å²) in [7, 11) is 0. The van der Waals surface area contributed by atoms with Crippen LogP contribution in [0.5, 0.6) is 11.5 Å². The standard InChI is InChI=1S/C24H26O8/c25-12-19-21(28)22(29)23(30)24(32-19)31-18-6-2-5-16(26)20(18)17(27)10-8-13-7-9-14-3-1-4-15(14)11-13/h1-3,5-7,9,11,19,21-26,28-30H,4,8,10,12H2/t19-,21-,22+,23-,24-/m1/s1. The number of ether oxygens (including phenoxy) is 2. The average molecular weight is 442 g/mol. The Balaban J connectivity index is 1.49. The Kier molecular flexibility index (Phi) is 6.59. The number of benzene rings is 2. The van der Waals surface area contributed by atoms with E-state index in [9.17, 15) is 30.3 Å². The minimum atomic E-state index is -1.63. The summed E-state index contributed by atoms with van der Waals surface area (Å²) in [5, 5.41) is 49.8. The van der Waals surface area contributed by atoms with Crippen molar-refractivity contribution in [1.82, 2.24) is 0 Å². The van der Waals surface area contributed by atoms with E-state index in [0.29, 0.717) is 6.42 Å². The van der Waals surface area contributed by atoms with Crippen molar-refractivity contribution in [3.63, 3.8) is 0 Å². The highest BCUT2D eigenvalue weighted by atomic mass is 16.7. The highest BCUT2D eigenvalue weighted by Gasteiger charge is 2.45. The Hall–Kier alpha value is -2.75. The lowest BCUT2D eigenvalue weighted by Crippen LogP contribution is -2.60. The topological polar surface area (TPSA) is 137 Å². The first kappa shape index (κ1) is 22.4. The van der Waals surface area contributed by atoms with Crippen molar-refractivity contribution < 1.29 is 39.8 Å². The van der Waals surface area contributed by atoms with Crippen molar-refractivity contribution in [3.8, 4) is 11.5 Å². The van der Waals surface area contributed by atoms with E-state index in [4.69, 9.17) is 9.47 Å². The van der Waals surface area contributed by atoms with Crippen molar-refractivity contribution in [2.24, 2.45) is 0 Å². The van der Waals surface area contributed by atoms with E-state index < -0.39 is 37.3 Å². The van der Waals surface area contributed by atoms with Crippen LogP contribution in [0.3, 0.4) is 0 Å². The molecule has 2 aromatic carbocycles. The number of Topliss-reactive ketones (excluding diaryl/α,β-unsaturated/α-hetero) is 1. The number of allylic oxidation sites excluding steroid dienone is 1. The normalized spacial score (nSPS) is 26.7. The predicted octanol–water partition coefficient (Wildman–Crippen LogP) is 0.956. The number of fused-ring (bicyclic) bond motifs is 1. The Morgan fingerprint density at radius 1 is 1.09 bits per heavy atom. The van der Waals surface area contributed by atoms with Gasteiger partial charge in [0.15, 0.2) is 5.78 Å². The maximum atomic E-state index is 13.0. The lowest BCUT2D eigenvalue weighted by molar-refractivity contribution is -0.277. The zero-order chi connectivity index (χ0) is 22.8. The fraction of sp³-hybridized carbons (Fsp3) is 0.375. The lowest BCUT2D eigenvalue weighted by Gasteiger charge is -2.39. The number of carbonyl (C=O) groups is 1. The molecule has 8 nitrogen and oxygen atoms in total.